The lowest BCUT2D eigenvalue weighted by Crippen LogP contribution is -2.52. The van der Waals surface area contributed by atoms with Gasteiger partial charge in [0, 0.05) is 43.3 Å². The quantitative estimate of drug-likeness (QED) is 0.495. The Morgan fingerprint density at radius 2 is 1.81 bits per heavy atom. The topological polar surface area (TPSA) is 114 Å². The Morgan fingerprint density at radius 1 is 1.03 bits per heavy atom. The molecule has 1 aliphatic heterocycles. The minimum Gasteiger partial charge on any atom is -0.368 e. The van der Waals surface area contributed by atoms with Crippen molar-refractivity contribution in [2.24, 2.45) is 5.92 Å². The summed E-state index contributed by atoms with van der Waals surface area (Å²) in [6.45, 7) is 6.68. The van der Waals surface area contributed by atoms with E-state index < -0.39 is 0 Å². The molecular formula is C26H33ClN10. The summed E-state index contributed by atoms with van der Waals surface area (Å²) in [4.78, 5) is 14.2. The molecule has 3 fully saturated rings. The fourth-order valence-corrected chi connectivity index (χ4v) is 6.76. The van der Waals surface area contributed by atoms with Gasteiger partial charge in [-0.2, -0.15) is 9.67 Å². The van der Waals surface area contributed by atoms with E-state index >= 15 is 0 Å². The Labute approximate surface area is 221 Å². The Morgan fingerprint density at radius 3 is 2.51 bits per heavy atom. The number of rotatable bonds is 6. The molecule has 0 spiro atoms. The molecule has 3 aromatic heterocycles. The van der Waals surface area contributed by atoms with Crippen LogP contribution in [-0.4, -0.2) is 67.1 Å². The van der Waals surface area contributed by atoms with Gasteiger partial charge in [-0.1, -0.05) is 11.6 Å². The van der Waals surface area contributed by atoms with Crippen molar-refractivity contribution >= 4 is 35.0 Å². The van der Waals surface area contributed by atoms with Crippen LogP contribution >= 0.6 is 11.6 Å². The van der Waals surface area contributed by atoms with E-state index in [1.54, 1.807) is 4.68 Å². The van der Waals surface area contributed by atoms with Gasteiger partial charge in [-0.05, 0) is 75.3 Å². The molecular weight excluding hydrogens is 488 g/mol. The monoisotopic (exact) mass is 520 g/mol. The van der Waals surface area contributed by atoms with E-state index in [1.807, 2.05) is 12.3 Å². The van der Waals surface area contributed by atoms with Crippen LogP contribution in [0.2, 0.25) is 5.15 Å². The highest BCUT2D eigenvalue weighted by atomic mass is 35.5. The molecule has 4 heterocycles. The molecule has 1 atom stereocenters. The SMILES string of the molecule is C[C@H]1CN(c2ccc(Nc3nc(N)n(-c4nnc(Cl)c5c4C4CCC5CC4)n3)cn2)CCN1CC1CC1. The van der Waals surface area contributed by atoms with Gasteiger partial charge in [0.25, 0.3) is 0 Å². The van der Waals surface area contributed by atoms with Crippen LogP contribution in [0, 0.1) is 5.92 Å². The van der Waals surface area contributed by atoms with E-state index in [9.17, 15) is 0 Å². The minimum absolute atomic E-state index is 0.269. The summed E-state index contributed by atoms with van der Waals surface area (Å²) in [5, 5.41) is 17.0. The average Bonchev–Trinajstić information content (AvgIpc) is 3.67. The standard InChI is InChI=1S/C26H33ClN10/c1-15-13-36(11-10-35(15)14-16-2-3-16)20-9-8-19(12-29-20)30-26-31-25(28)37(34-26)24-22-18-6-4-17(5-7-18)21(22)23(27)32-33-24/h8-9,12,15-18H,2-7,10-11,13-14H2,1H3,(H3,28,30,31,34)/t15-,17?,18?/m0/s1. The summed E-state index contributed by atoms with van der Waals surface area (Å²) in [6, 6.07) is 4.62. The summed E-state index contributed by atoms with van der Waals surface area (Å²) < 4.78 is 1.59. The fraction of sp³-hybridized carbons (Fsp3) is 0.577. The average molecular weight is 521 g/mol. The first kappa shape index (κ1) is 23.2. The van der Waals surface area contributed by atoms with Crippen molar-refractivity contribution in [3.8, 4) is 5.82 Å². The molecule has 8 rings (SSSR count). The normalized spacial score (nSPS) is 25.4. The van der Waals surface area contributed by atoms with Crippen molar-refractivity contribution < 1.29 is 0 Å². The van der Waals surface area contributed by atoms with Crippen molar-refractivity contribution in [1.82, 2.24) is 34.8 Å². The highest BCUT2D eigenvalue weighted by Gasteiger charge is 2.38. The molecule has 2 bridgehead atoms. The maximum absolute atomic E-state index is 6.48. The molecule has 2 saturated carbocycles. The van der Waals surface area contributed by atoms with Crippen molar-refractivity contribution in [3.63, 3.8) is 0 Å². The van der Waals surface area contributed by atoms with Gasteiger partial charge in [0.15, 0.2) is 11.0 Å². The van der Waals surface area contributed by atoms with Gasteiger partial charge in [0.1, 0.15) is 5.82 Å². The lowest BCUT2D eigenvalue weighted by atomic mass is 9.67. The number of aromatic nitrogens is 6. The van der Waals surface area contributed by atoms with E-state index in [0.29, 0.717) is 34.8 Å². The fourth-order valence-electron chi connectivity index (χ4n) is 6.46. The van der Waals surface area contributed by atoms with Gasteiger partial charge >= 0.3 is 0 Å². The summed E-state index contributed by atoms with van der Waals surface area (Å²) >= 11 is 6.48. The maximum atomic E-state index is 6.48. The molecule has 3 N–H and O–H groups in total. The number of nitrogens with two attached hydrogens (primary N) is 1. The molecule has 0 aromatic carbocycles. The third-order valence-electron chi connectivity index (χ3n) is 8.65. The third-order valence-corrected chi connectivity index (χ3v) is 8.92. The number of hydrogen-bond acceptors (Lipinski definition) is 9. The van der Waals surface area contributed by atoms with Crippen LogP contribution in [0.3, 0.4) is 0 Å². The Balaban J connectivity index is 1.07. The van der Waals surface area contributed by atoms with E-state index in [-0.39, 0.29) is 5.95 Å². The van der Waals surface area contributed by atoms with Crippen molar-refractivity contribution in [2.45, 2.75) is 63.3 Å². The predicted octanol–water partition coefficient (Wildman–Crippen LogP) is 4.11. The van der Waals surface area contributed by atoms with Crippen LogP contribution in [0.25, 0.3) is 5.82 Å². The summed E-state index contributed by atoms with van der Waals surface area (Å²) in [5.74, 6) is 4.10. The molecule has 10 nitrogen and oxygen atoms in total. The molecule has 37 heavy (non-hydrogen) atoms. The number of hydrogen-bond donors (Lipinski definition) is 2. The third kappa shape index (κ3) is 4.29. The molecule has 11 heteroatoms. The van der Waals surface area contributed by atoms with Crippen molar-refractivity contribution in [3.05, 3.63) is 34.6 Å². The number of nitrogen functional groups attached to an aromatic ring is 1. The van der Waals surface area contributed by atoms with Gasteiger partial charge in [-0.15, -0.1) is 15.3 Å². The molecule has 4 aliphatic carbocycles. The van der Waals surface area contributed by atoms with Gasteiger partial charge in [-0.25, -0.2) is 4.98 Å². The van der Waals surface area contributed by atoms with Gasteiger partial charge in [-0.3, -0.25) is 4.90 Å². The Bertz CT molecular complexity index is 1300. The minimum atomic E-state index is 0.269. The zero-order valence-electron chi connectivity index (χ0n) is 21.1. The first-order valence-electron chi connectivity index (χ1n) is 13.5. The Hall–Kier alpha value is -2.98. The number of anilines is 4. The number of piperazine rings is 1. The largest absolute Gasteiger partial charge is 0.368 e. The number of fused-ring (bicyclic) bond motifs is 2. The molecule has 5 aliphatic rings. The smallest absolute Gasteiger partial charge is 0.248 e. The van der Waals surface area contributed by atoms with Gasteiger partial charge in [0.05, 0.1) is 11.9 Å². The molecule has 1 saturated heterocycles. The molecule has 3 aromatic rings. The van der Waals surface area contributed by atoms with Crippen LogP contribution < -0.4 is 16.0 Å². The predicted molar refractivity (Wildman–Crippen MR) is 144 cm³/mol. The van der Waals surface area contributed by atoms with Crippen molar-refractivity contribution in [1.29, 1.82) is 0 Å². The highest BCUT2D eigenvalue weighted by molar-refractivity contribution is 6.30. The van der Waals surface area contributed by atoms with E-state index in [0.717, 1.165) is 73.9 Å². The van der Waals surface area contributed by atoms with E-state index in [2.05, 4.69) is 48.4 Å². The van der Waals surface area contributed by atoms with Gasteiger partial charge in [0.2, 0.25) is 11.9 Å². The number of nitrogens with one attached hydrogen (secondary N) is 1. The molecule has 0 radical (unpaired) electrons. The zero-order chi connectivity index (χ0) is 25.1. The van der Waals surface area contributed by atoms with E-state index in [4.69, 9.17) is 22.3 Å². The first-order valence-corrected chi connectivity index (χ1v) is 13.9. The molecule has 0 unspecified atom stereocenters. The van der Waals surface area contributed by atoms with Crippen LogP contribution in [-0.2, 0) is 0 Å². The summed E-state index contributed by atoms with van der Waals surface area (Å²) in [6.07, 6.45) is 9.21. The van der Waals surface area contributed by atoms with Crippen LogP contribution in [0.5, 0.6) is 0 Å². The molecule has 0 amide bonds. The summed E-state index contributed by atoms with van der Waals surface area (Å²) in [5.41, 5.74) is 9.38. The van der Waals surface area contributed by atoms with Crippen LogP contribution in [0.15, 0.2) is 18.3 Å². The second kappa shape index (κ2) is 9.09. The number of pyridine rings is 1. The lowest BCUT2D eigenvalue weighted by molar-refractivity contribution is 0.181. The Kier molecular flexibility index (Phi) is 5.69. The van der Waals surface area contributed by atoms with E-state index in [1.165, 1.54) is 19.4 Å². The highest BCUT2D eigenvalue weighted by Crippen LogP contribution is 2.52. The second-order valence-electron chi connectivity index (χ2n) is 11.2. The van der Waals surface area contributed by atoms with Crippen LogP contribution in [0.1, 0.15) is 68.4 Å². The lowest BCUT2D eigenvalue weighted by Gasteiger charge is -2.40. The first-order chi connectivity index (χ1) is 18.0. The number of halogens is 1. The van der Waals surface area contributed by atoms with Crippen molar-refractivity contribution in [2.75, 3.05) is 42.1 Å². The second-order valence-corrected chi connectivity index (χ2v) is 11.5. The van der Waals surface area contributed by atoms with Crippen LogP contribution in [0.4, 0.5) is 23.4 Å². The molecule has 194 valence electrons. The number of nitrogens with zero attached hydrogens (tertiary/aromatic N) is 8. The zero-order valence-corrected chi connectivity index (χ0v) is 21.9. The van der Waals surface area contributed by atoms with Gasteiger partial charge < -0.3 is 16.0 Å². The summed E-state index contributed by atoms with van der Waals surface area (Å²) in [7, 11) is 0. The maximum Gasteiger partial charge on any atom is 0.248 e.